The van der Waals surface area contributed by atoms with Crippen LogP contribution in [0.1, 0.15) is 58.0 Å². The molecule has 0 spiro atoms. The van der Waals surface area contributed by atoms with Crippen molar-refractivity contribution in [1.82, 2.24) is 14.8 Å². The molecule has 190 valence electrons. The van der Waals surface area contributed by atoms with Gasteiger partial charge in [0.25, 0.3) is 5.91 Å². The summed E-state index contributed by atoms with van der Waals surface area (Å²) in [5.41, 5.74) is 2.83. The Balaban J connectivity index is 1.45. The van der Waals surface area contributed by atoms with Gasteiger partial charge in [-0.3, -0.25) is 14.7 Å². The van der Waals surface area contributed by atoms with Gasteiger partial charge in [-0.25, -0.2) is 0 Å². The van der Waals surface area contributed by atoms with Crippen LogP contribution in [0, 0.1) is 13.8 Å². The van der Waals surface area contributed by atoms with E-state index in [9.17, 15) is 18.0 Å². The van der Waals surface area contributed by atoms with E-state index in [0.717, 1.165) is 42.8 Å². The molecule has 0 radical (unpaired) electrons. The Kier molecular flexibility index (Phi) is 7.66. The summed E-state index contributed by atoms with van der Waals surface area (Å²) in [6.07, 6.45) is -0.654. The van der Waals surface area contributed by atoms with Crippen molar-refractivity contribution in [1.29, 1.82) is 0 Å². The number of methoxy groups -OCH3 is 1. The van der Waals surface area contributed by atoms with Gasteiger partial charge in [-0.2, -0.15) is 13.2 Å². The lowest BCUT2D eigenvalue weighted by Crippen LogP contribution is -2.57. The van der Waals surface area contributed by atoms with Crippen molar-refractivity contribution in [3.05, 3.63) is 58.4 Å². The summed E-state index contributed by atoms with van der Waals surface area (Å²) in [5.74, 6) is 0.556. The van der Waals surface area contributed by atoms with Gasteiger partial charge in [0.15, 0.2) is 0 Å². The SMILES string of the molecule is COCCOc1ccc([C@H]2CCC[C@H]3CN(C(=O)c4ccc(C(F)(F)F)cn4)CCN32)c(C)c1C. The van der Waals surface area contributed by atoms with Gasteiger partial charge in [0.05, 0.1) is 12.2 Å². The second-order valence-corrected chi connectivity index (χ2v) is 9.26. The van der Waals surface area contributed by atoms with Crippen LogP contribution in [-0.2, 0) is 10.9 Å². The first-order chi connectivity index (χ1) is 16.7. The highest BCUT2D eigenvalue weighted by Gasteiger charge is 2.38. The molecule has 6 nitrogen and oxygen atoms in total. The van der Waals surface area contributed by atoms with E-state index in [1.807, 2.05) is 6.07 Å². The van der Waals surface area contributed by atoms with Gasteiger partial charge in [-0.15, -0.1) is 0 Å². The second-order valence-electron chi connectivity index (χ2n) is 9.26. The average Bonchev–Trinajstić information content (AvgIpc) is 2.85. The highest BCUT2D eigenvalue weighted by molar-refractivity contribution is 5.92. The number of halogens is 3. The summed E-state index contributed by atoms with van der Waals surface area (Å²) in [6, 6.07) is 6.75. The van der Waals surface area contributed by atoms with E-state index in [4.69, 9.17) is 9.47 Å². The van der Waals surface area contributed by atoms with Crippen LogP contribution in [0.2, 0.25) is 0 Å². The number of pyridine rings is 1. The Morgan fingerprint density at radius 2 is 1.89 bits per heavy atom. The van der Waals surface area contributed by atoms with Crippen LogP contribution < -0.4 is 4.74 Å². The highest BCUT2D eigenvalue weighted by Crippen LogP contribution is 2.39. The van der Waals surface area contributed by atoms with E-state index in [1.165, 1.54) is 17.2 Å². The third kappa shape index (κ3) is 5.46. The number of carbonyl (C=O) groups is 1. The molecule has 2 saturated heterocycles. The molecule has 0 bridgehead atoms. The number of benzene rings is 1. The molecule has 4 rings (SSSR count). The van der Waals surface area contributed by atoms with E-state index >= 15 is 0 Å². The van der Waals surface area contributed by atoms with Crippen LogP contribution in [0.3, 0.4) is 0 Å². The number of carbonyl (C=O) groups excluding carboxylic acids is 1. The second kappa shape index (κ2) is 10.5. The zero-order valence-electron chi connectivity index (χ0n) is 20.4. The summed E-state index contributed by atoms with van der Waals surface area (Å²) < 4.78 is 49.4. The molecule has 0 saturated carbocycles. The van der Waals surface area contributed by atoms with Crippen molar-refractivity contribution in [2.45, 2.75) is 51.4 Å². The molecule has 1 aromatic carbocycles. The molecule has 9 heteroatoms. The normalized spacial score (nSPS) is 21.0. The molecule has 0 aliphatic carbocycles. The number of amides is 1. The molecule has 2 aliphatic heterocycles. The lowest BCUT2D eigenvalue weighted by molar-refractivity contribution is -0.137. The van der Waals surface area contributed by atoms with Crippen molar-refractivity contribution in [3.8, 4) is 5.75 Å². The fraction of sp³-hybridized carbons (Fsp3) is 0.538. The molecule has 1 aromatic heterocycles. The number of piperidine rings is 1. The van der Waals surface area contributed by atoms with E-state index in [-0.39, 0.29) is 23.7 Å². The van der Waals surface area contributed by atoms with Gasteiger partial charge in [-0.05, 0) is 68.0 Å². The Hall–Kier alpha value is -2.65. The van der Waals surface area contributed by atoms with Crippen molar-refractivity contribution in [3.63, 3.8) is 0 Å². The standard InChI is InChI=1S/C26H32F3N3O3/c1-17-18(2)24(35-14-13-34-3)10-8-21(17)23-6-4-5-20-16-31(11-12-32(20)23)25(33)22-9-7-19(15-30-22)26(27,28)29/h7-10,15,20,23H,4-6,11-14,16H2,1-3H3/t20-,23+/m0/s1. The maximum absolute atomic E-state index is 13.0. The topological polar surface area (TPSA) is 54.9 Å². The summed E-state index contributed by atoms with van der Waals surface area (Å²) >= 11 is 0. The lowest BCUT2D eigenvalue weighted by atomic mass is 9.86. The minimum atomic E-state index is -4.47. The predicted octanol–water partition coefficient (Wildman–Crippen LogP) is 4.79. The molecule has 2 aromatic rings. The van der Waals surface area contributed by atoms with Crippen LogP contribution >= 0.6 is 0 Å². The van der Waals surface area contributed by atoms with Crippen LogP contribution in [0.4, 0.5) is 13.2 Å². The summed E-state index contributed by atoms with van der Waals surface area (Å²) in [4.78, 5) is 21.0. The molecule has 0 unspecified atom stereocenters. The Morgan fingerprint density at radius 3 is 2.57 bits per heavy atom. The molecule has 35 heavy (non-hydrogen) atoms. The van der Waals surface area contributed by atoms with Crippen molar-refractivity contribution >= 4 is 5.91 Å². The first-order valence-electron chi connectivity index (χ1n) is 12.0. The average molecular weight is 492 g/mol. The lowest BCUT2D eigenvalue weighted by Gasteiger charge is -2.48. The third-order valence-electron chi connectivity index (χ3n) is 7.22. The largest absolute Gasteiger partial charge is 0.491 e. The molecular formula is C26H32F3N3O3. The van der Waals surface area contributed by atoms with Crippen LogP contribution in [-0.4, -0.2) is 66.7 Å². The predicted molar refractivity (Wildman–Crippen MR) is 126 cm³/mol. The number of hydrogen-bond acceptors (Lipinski definition) is 5. The van der Waals surface area contributed by atoms with E-state index in [1.54, 1.807) is 12.0 Å². The highest BCUT2D eigenvalue weighted by atomic mass is 19.4. The number of hydrogen-bond donors (Lipinski definition) is 0. The molecule has 3 heterocycles. The zero-order valence-corrected chi connectivity index (χ0v) is 20.4. The summed E-state index contributed by atoms with van der Waals surface area (Å²) in [7, 11) is 1.65. The van der Waals surface area contributed by atoms with E-state index in [0.29, 0.717) is 32.8 Å². The van der Waals surface area contributed by atoms with Gasteiger partial charge < -0.3 is 14.4 Å². The minimum Gasteiger partial charge on any atom is -0.491 e. The molecule has 2 atom stereocenters. The fourth-order valence-corrected chi connectivity index (χ4v) is 5.19. The minimum absolute atomic E-state index is 0.0503. The maximum atomic E-state index is 13.0. The summed E-state index contributed by atoms with van der Waals surface area (Å²) in [5, 5.41) is 0. The molecule has 1 amide bonds. The van der Waals surface area contributed by atoms with Gasteiger partial charge in [0.2, 0.25) is 0 Å². The Bertz CT molecular complexity index is 1040. The zero-order chi connectivity index (χ0) is 25.2. The summed E-state index contributed by atoms with van der Waals surface area (Å²) in [6.45, 7) is 7.04. The van der Waals surface area contributed by atoms with Crippen molar-refractivity contribution in [2.75, 3.05) is 40.0 Å². The van der Waals surface area contributed by atoms with E-state index in [2.05, 4.69) is 29.8 Å². The maximum Gasteiger partial charge on any atom is 0.417 e. The first kappa shape index (κ1) is 25.4. The van der Waals surface area contributed by atoms with Gasteiger partial charge in [0, 0.05) is 45.0 Å². The number of alkyl halides is 3. The van der Waals surface area contributed by atoms with Crippen LogP contribution in [0.5, 0.6) is 5.75 Å². The smallest absolute Gasteiger partial charge is 0.417 e. The first-order valence-corrected chi connectivity index (χ1v) is 12.0. The van der Waals surface area contributed by atoms with Crippen LogP contribution in [0.15, 0.2) is 30.5 Å². The number of fused-ring (bicyclic) bond motifs is 1. The number of ether oxygens (including phenoxy) is 2. The van der Waals surface area contributed by atoms with Gasteiger partial charge >= 0.3 is 6.18 Å². The monoisotopic (exact) mass is 491 g/mol. The number of rotatable bonds is 6. The Labute approximate surface area is 204 Å². The molecule has 0 N–H and O–H groups in total. The number of nitrogens with zero attached hydrogens (tertiary/aromatic N) is 3. The van der Waals surface area contributed by atoms with Crippen molar-refractivity contribution < 1.29 is 27.4 Å². The van der Waals surface area contributed by atoms with Crippen molar-refractivity contribution in [2.24, 2.45) is 0 Å². The number of piperazine rings is 1. The number of aromatic nitrogens is 1. The molecule has 2 aliphatic rings. The van der Waals surface area contributed by atoms with Gasteiger partial charge in [-0.1, -0.05) is 6.07 Å². The fourth-order valence-electron chi connectivity index (χ4n) is 5.19. The molecular weight excluding hydrogens is 459 g/mol. The van der Waals surface area contributed by atoms with E-state index < -0.39 is 11.7 Å². The molecule has 2 fully saturated rings. The quantitative estimate of drug-likeness (QED) is 0.544. The van der Waals surface area contributed by atoms with Gasteiger partial charge in [0.1, 0.15) is 18.1 Å². The van der Waals surface area contributed by atoms with Crippen LogP contribution in [0.25, 0.3) is 0 Å². The third-order valence-corrected chi connectivity index (χ3v) is 7.22. The Morgan fingerprint density at radius 1 is 1.09 bits per heavy atom.